The Hall–Kier alpha value is -1.96. The summed E-state index contributed by atoms with van der Waals surface area (Å²) in [6, 6.07) is 20.8. The predicted molar refractivity (Wildman–Crippen MR) is 182 cm³/mol. The predicted octanol–water partition coefficient (Wildman–Crippen LogP) is 12.4. The number of nitrogens with zero attached hydrogens (tertiary/aromatic N) is 1. The Labute approximate surface area is 265 Å². The fourth-order valence-electron chi connectivity index (χ4n) is 8.35. The molecule has 3 heteroatoms. The fourth-order valence-corrected chi connectivity index (χ4v) is 8.76. The molecule has 224 valence electrons. The highest BCUT2D eigenvalue weighted by atomic mass is 35.5. The number of halogens is 2. The van der Waals surface area contributed by atoms with E-state index in [0.717, 1.165) is 34.8 Å². The van der Waals surface area contributed by atoms with E-state index in [9.17, 15) is 0 Å². The van der Waals surface area contributed by atoms with Crippen LogP contribution in [0.4, 0.5) is 17.1 Å². The lowest BCUT2D eigenvalue weighted by Crippen LogP contribution is -2.31. The molecule has 0 aromatic heterocycles. The molecular formula is C39H49Cl2N. The van der Waals surface area contributed by atoms with Crippen molar-refractivity contribution in [2.75, 3.05) is 4.90 Å². The summed E-state index contributed by atoms with van der Waals surface area (Å²) in [4.78, 5) is 2.39. The molecule has 0 radical (unpaired) electrons. The Bertz CT molecular complexity index is 1460. The van der Waals surface area contributed by atoms with Gasteiger partial charge in [-0.15, -0.1) is 0 Å². The molecular weight excluding hydrogens is 553 g/mol. The summed E-state index contributed by atoms with van der Waals surface area (Å²) in [7, 11) is 0. The van der Waals surface area contributed by atoms with Gasteiger partial charge in [-0.1, -0.05) is 104 Å². The third-order valence-corrected chi connectivity index (χ3v) is 11.5. The van der Waals surface area contributed by atoms with Crippen LogP contribution in [0.3, 0.4) is 0 Å². The molecule has 0 amide bonds. The van der Waals surface area contributed by atoms with Crippen LogP contribution in [0.15, 0.2) is 54.6 Å². The SMILES string of the molecule is CC(C)(C)c1cccc(N(c2cc(C(C)(C)C)cc(C(C)(C)C)c2)c2cc(C34CC5CC(C3)C(C5)C4)cc(Cl)c2Cl)c1. The van der Waals surface area contributed by atoms with Crippen LogP contribution in [0.25, 0.3) is 0 Å². The topological polar surface area (TPSA) is 3.24 Å². The van der Waals surface area contributed by atoms with Crippen LogP contribution in [0.5, 0.6) is 0 Å². The highest BCUT2D eigenvalue weighted by Crippen LogP contribution is 2.65. The standard InChI is InChI=1S/C39H49Cl2N/c1-36(2,3)27-11-10-12-31(16-27)42(32-17-28(37(4,5)6)15-29(18-32)38(7,8)9)34-20-30(19-33(40)35(34)41)39-21-24-13-25(22-39)26(14-24)23-39/h10-12,15-20,24-26H,13-14,21-23H2,1-9H3. The number of rotatable bonds is 4. The zero-order valence-electron chi connectivity index (χ0n) is 27.2. The summed E-state index contributed by atoms with van der Waals surface area (Å²) < 4.78 is 0. The van der Waals surface area contributed by atoms with Crippen molar-refractivity contribution < 1.29 is 0 Å². The van der Waals surface area contributed by atoms with Crippen LogP contribution in [0, 0.1) is 17.8 Å². The van der Waals surface area contributed by atoms with Crippen LogP contribution in [0.2, 0.25) is 10.0 Å². The van der Waals surface area contributed by atoms with Crippen molar-refractivity contribution in [3.05, 3.63) is 86.9 Å². The summed E-state index contributed by atoms with van der Waals surface area (Å²) in [5.41, 5.74) is 8.86. The Morgan fingerprint density at radius 1 is 0.643 bits per heavy atom. The van der Waals surface area contributed by atoms with Gasteiger partial charge in [-0.2, -0.15) is 0 Å². The largest absolute Gasteiger partial charge is 0.309 e. The Morgan fingerprint density at radius 2 is 1.19 bits per heavy atom. The van der Waals surface area contributed by atoms with Crippen molar-refractivity contribution in [2.45, 2.75) is 116 Å². The molecule has 0 aliphatic heterocycles. The van der Waals surface area contributed by atoms with E-state index in [2.05, 4.69) is 122 Å². The molecule has 3 aromatic rings. The van der Waals surface area contributed by atoms with E-state index in [1.54, 1.807) is 0 Å². The summed E-state index contributed by atoms with van der Waals surface area (Å²) in [5, 5.41) is 1.30. The smallest absolute Gasteiger partial charge is 0.0833 e. The molecule has 4 saturated carbocycles. The third-order valence-electron chi connectivity index (χ3n) is 10.7. The van der Waals surface area contributed by atoms with Gasteiger partial charge in [0.1, 0.15) is 0 Å². The van der Waals surface area contributed by atoms with Crippen LogP contribution >= 0.6 is 23.2 Å². The molecule has 1 nitrogen and oxygen atoms in total. The van der Waals surface area contributed by atoms with Crippen molar-refractivity contribution >= 4 is 40.3 Å². The fraction of sp³-hybridized carbons (Fsp3) is 0.538. The van der Waals surface area contributed by atoms with Crippen LogP contribution in [-0.2, 0) is 21.7 Å². The summed E-state index contributed by atoms with van der Waals surface area (Å²) in [6.45, 7) is 20.7. The van der Waals surface area contributed by atoms with E-state index in [0.29, 0.717) is 10.0 Å². The van der Waals surface area contributed by atoms with Crippen molar-refractivity contribution in [1.82, 2.24) is 0 Å². The molecule has 0 N–H and O–H groups in total. The maximum Gasteiger partial charge on any atom is 0.0833 e. The summed E-state index contributed by atoms with van der Waals surface area (Å²) in [5.74, 6) is 2.65. The molecule has 0 saturated heterocycles. The normalized spacial score (nSPS) is 25.4. The molecule has 3 aromatic carbocycles. The second-order valence-electron chi connectivity index (χ2n) is 16.9. The zero-order chi connectivity index (χ0) is 30.4. The van der Waals surface area contributed by atoms with Gasteiger partial charge < -0.3 is 4.90 Å². The lowest BCUT2D eigenvalue weighted by atomic mass is 9.66. The zero-order valence-corrected chi connectivity index (χ0v) is 28.7. The van der Waals surface area contributed by atoms with Crippen LogP contribution in [-0.4, -0.2) is 0 Å². The molecule has 4 bridgehead atoms. The molecule has 2 unspecified atom stereocenters. The second-order valence-corrected chi connectivity index (χ2v) is 17.7. The number of benzene rings is 3. The van der Waals surface area contributed by atoms with E-state index in [1.165, 1.54) is 54.4 Å². The highest BCUT2D eigenvalue weighted by Gasteiger charge is 2.56. The molecule has 0 spiro atoms. The van der Waals surface area contributed by atoms with Gasteiger partial charge in [0.2, 0.25) is 0 Å². The maximum atomic E-state index is 7.25. The van der Waals surface area contributed by atoms with Crippen molar-refractivity contribution in [2.24, 2.45) is 17.8 Å². The average Bonchev–Trinajstić information content (AvgIpc) is 3.31. The Balaban J connectivity index is 1.60. The van der Waals surface area contributed by atoms with Gasteiger partial charge in [0.25, 0.3) is 0 Å². The highest BCUT2D eigenvalue weighted by molar-refractivity contribution is 6.44. The minimum atomic E-state index is -0.000821. The molecule has 0 heterocycles. The molecule has 42 heavy (non-hydrogen) atoms. The van der Waals surface area contributed by atoms with Gasteiger partial charge in [0, 0.05) is 11.4 Å². The van der Waals surface area contributed by atoms with E-state index < -0.39 is 0 Å². The molecule has 4 aliphatic rings. The lowest BCUT2D eigenvalue weighted by molar-refractivity contribution is 0.229. The van der Waals surface area contributed by atoms with Gasteiger partial charge in [0.05, 0.1) is 15.7 Å². The monoisotopic (exact) mass is 601 g/mol. The quantitative estimate of drug-likeness (QED) is 0.287. The first-order valence-corrected chi connectivity index (χ1v) is 16.8. The van der Waals surface area contributed by atoms with Gasteiger partial charge in [-0.25, -0.2) is 0 Å². The maximum absolute atomic E-state index is 7.25. The van der Waals surface area contributed by atoms with Crippen molar-refractivity contribution in [3.8, 4) is 0 Å². The van der Waals surface area contributed by atoms with Gasteiger partial charge in [-0.05, 0) is 130 Å². The van der Waals surface area contributed by atoms with E-state index in [4.69, 9.17) is 23.2 Å². The number of anilines is 3. The lowest BCUT2D eigenvalue weighted by Gasteiger charge is -2.40. The van der Waals surface area contributed by atoms with Crippen molar-refractivity contribution in [1.29, 1.82) is 0 Å². The van der Waals surface area contributed by atoms with Crippen LogP contribution < -0.4 is 4.90 Å². The first-order chi connectivity index (χ1) is 19.4. The molecule has 2 atom stereocenters. The van der Waals surface area contributed by atoms with Crippen LogP contribution in [0.1, 0.15) is 117 Å². The minimum Gasteiger partial charge on any atom is -0.309 e. The van der Waals surface area contributed by atoms with Gasteiger partial charge >= 0.3 is 0 Å². The van der Waals surface area contributed by atoms with E-state index >= 15 is 0 Å². The molecule has 7 rings (SSSR count). The van der Waals surface area contributed by atoms with Crippen molar-refractivity contribution in [3.63, 3.8) is 0 Å². The Kier molecular flexibility index (Phi) is 7.19. The first kappa shape index (κ1) is 30.1. The average molecular weight is 603 g/mol. The summed E-state index contributed by atoms with van der Waals surface area (Å²) in [6.07, 6.45) is 6.77. The second kappa shape index (κ2) is 10.0. The molecule has 4 aliphatic carbocycles. The first-order valence-electron chi connectivity index (χ1n) is 16.0. The number of hydrogen-bond donors (Lipinski definition) is 0. The summed E-state index contributed by atoms with van der Waals surface area (Å²) >= 11 is 14.3. The van der Waals surface area contributed by atoms with E-state index in [1.807, 2.05) is 0 Å². The number of hydrogen-bond acceptors (Lipinski definition) is 1. The molecule has 4 fully saturated rings. The van der Waals surface area contributed by atoms with E-state index in [-0.39, 0.29) is 21.7 Å². The Morgan fingerprint density at radius 3 is 1.71 bits per heavy atom. The van der Waals surface area contributed by atoms with Gasteiger partial charge in [-0.3, -0.25) is 0 Å². The van der Waals surface area contributed by atoms with Gasteiger partial charge in [0.15, 0.2) is 0 Å². The minimum absolute atomic E-state index is 0.000821. The third kappa shape index (κ3) is 5.32.